The zero-order valence-electron chi connectivity index (χ0n) is 19.6. The lowest BCUT2D eigenvalue weighted by Crippen LogP contribution is -2.08. The van der Waals surface area contributed by atoms with Gasteiger partial charge in [-0.2, -0.15) is 0 Å². The third-order valence-corrected chi connectivity index (χ3v) is 5.64. The molecule has 0 radical (unpaired) electrons. The molecule has 0 saturated heterocycles. The normalized spacial score (nSPS) is 10.5. The van der Waals surface area contributed by atoms with Gasteiger partial charge in [0.2, 0.25) is 0 Å². The lowest BCUT2D eigenvalue weighted by molar-refractivity contribution is 0.365. The second-order valence-corrected chi connectivity index (χ2v) is 8.30. The molecule has 162 valence electrons. The van der Waals surface area contributed by atoms with Gasteiger partial charge in [0.1, 0.15) is 24.7 Å². The fraction of sp³-hybridized carbons (Fsp3) is 0.267. The van der Waals surface area contributed by atoms with Crippen LogP contribution in [-0.2, 0) is 0 Å². The highest BCUT2D eigenvalue weighted by molar-refractivity contribution is 5.54. The van der Waals surface area contributed by atoms with E-state index in [0.717, 1.165) is 33.8 Å². The van der Waals surface area contributed by atoms with Gasteiger partial charge in [-0.05, 0) is 73.6 Å². The average Bonchev–Trinajstić information content (AvgIpc) is 2.74. The fourth-order valence-electron chi connectivity index (χ4n) is 4.32. The van der Waals surface area contributed by atoms with Gasteiger partial charge in [-0.1, -0.05) is 65.9 Å². The molecule has 0 N–H and O–H groups in total. The lowest BCUT2D eigenvalue weighted by atomic mass is 9.82. The van der Waals surface area contributed by atoms with Gasteiger partial charge in [-0.3, -0.25) is 0 Å². The molecule has 2 heteroatoms. The molecule has 32 heavy (non-hydrogen) atoms. The first kappa shape index (κ1) is 23.1. The van der Waals surface area contributed by atoms with Crippen molar-refractivity contribution in [1.82, 2.24) is 0 Å². The van der Waals surface area contributed by atoms with Gasteiger partial charge in [-0.25, -0.2) is 0 Å². The summed E-state index contributed by atoms with van der Waals surface area (Å²) in [5.41, 5.74) is 9.22. The number of hydrogen-bond donors (Lipinski definition) is 0. The van der Waals surface area contributed by atoms with E-state index in [1.54, 1.807) is 0 Å². The summed E-state index contributed by atoms with van der Waals surface area (Å²) in [6.45, 7) is 10.9. The summed E-state index contributed by atoms with van der Waals surface area (Å²) in [5.74, 6) is 6.90. The molecule has 3 aromatic rings. The molecule has 0 aromatic heterocycles. The van der Waals surface area contributed by atoms with Crippen molar-refractivity contribution in [3.05, 3.63) is 93.0 Å². The molecule has 0 aliphatic rings. The van der Waals surface area contributed by atoms with Crippen LogP contribution in [0.3, 0.4) is 0 Å². The van der Waals surface area contributed by atoms with E-state index in [9.17, 15) is 0 Å². The van der Waals surface area contributed by atoms with Crippen molar-refractivity contribution in [1.29, 1.82) is 0 Å². The van der Waals surface area contributed by atoms with Crippen LogP contribution in [0.15, 0.2) is 48.5 Å². The van der Waals surface area contributed by atoms with E-state index in [1.807, 2.05) is 0 Å². The van der Waals surface area contributed by atoms with Crippen molar-refractivity contribution >= 4 is 0 Å². The molecule has 0 bridgehead atoms. The monoisotopic (exact) mass is 422 g/mol. The maximum Gasteiger partial charge on any atom is 0.148 e. The summed E-state index contributed by atoms with van der Waals surface area (Å²) in [6, 6.07) is 17.6. The number of rotatable bonds is 7. The Labute approximate surface area is 192 Å². The predicted octanol–water partition coefficient (Wildman–Crippen LogP) is 6.43. The highest BCUT2D eigenvalue weighted by Crippen LogP contribution is 2.38. The van der Waals surface area contributed by atoms with Crippen molar-refractivity contribution in [3.8, 4) is 36.2 Å². The second kappa shape index (κ2) is 10.1. The Morgan fingerprint density at radius 1 is 0.625 bits per heavy atom. The SMILES string of the molecule is C#CCOc1c(C)cc(C(c2ccc(C)cc2)c2cc(C)c(OCC#C)c(C)c2)cc1C. The topological polar surface area (TPSA) is 18.5 Å². The minimum Gasteiger partial charge on any atom is -0.480 e. The maximum absolute atomic E-state index is 5.80. The molecule has 0 aliphatic carbocycles. The van der Waals surface area contributed by atoms with Gasteiger partial charge >= 0.3 is 0 Å². The third kappa shape index (κ3) is 4.99. The van der Waals surface area contributed by atoms with Crippen LogP contribution in [0.2, 0.25) is 0 Å². The smallest absolute Gasteiger partial charge is 0.148 e. The van der Waals surface area contributed by atoms with Crippen LogP contribution in [-0.4, -0.2) is 13.2 Å². The van der Waals surface area contributed by atoms with Crippen LogP contribution < -0.4 is 9.47 Å². The molecule has 0 fully saturated rings. The Bertz CT molecular complexity index is 1070. The van der Waals surface area contributed by atoms with E-state index in [2.05, 4.69) is 95.0 Å². The molecule has 0 spiro atoms. The van der Waals surface area contributed by atoms with E-state index < -0.39 is 0 Å². The van der Waals surface area contributed by atoms with Crippen LogP contribution in [0, 0.1) is 59.3 Å². The Hall–Kier alpha value is -3.62. The van der Waals surface area contributed by atoms with Crippen molar-refractivity contribution in [2.24, 2.45) is 0 Å². The number of benzene rings is 3. The molecule has 0 atom stereocenters. The van der Waals surface area contributed by atoms with E-state index in [1.165, 1.54) is 22.3 Å². The first-order valence-electron chi connectivity index (χ1n) is 10.8. The van der Waals surface area contributed by atoms with Gasteiger partial charge in [0, 0.05) is 5.92 Å². The Balaban J connectivity index is 2.16. The number of hydrogen-bond acceptors (Lipinski definition) is 2. The molecule has 3 aromatic carbocycles. The third-order valence-electron chi connectivity index (χ3n) is 5.64. The van der Waals surface area contributed by atoms with Gasteiger partial charge < -0.3 is 9.47 Å². The molecule has 0 heterocycles. The van der Waals surface area contributed by atoms with E-state index in [4.69, 9.17) is 22.3 Å². The maximum atomic E-state index is 5.80. The summed E-state index contributed by atoms with van der Waals surface area (Å²) in [4.78, 5) is 0. The molecule has 2 nitrogen and oxygen atoms in total. The molecule has 3 rings (SSSR count). The fourth-order valence-corrected chi connectivity index (χ4v) is 4.32. The summed E-state index contributed by atoms with van der Waals surface area (Å²) in [7, 11) is 0. The summed E-state index contributed by atoms with van der Waals surface area (Å²) in [5, 5.41) is 0. The molecular formula is C30H30O2. The average molecular weight is 423 g/mol. The van der Waals surface area contributed by atoms with Crippen LogP contribution >= 0.6 is 0 Å². The van der Waals surface area contributed by atoms with E-state index >= 15 is 0 Å². The molecular weight excluding hydrogens is 392 g/mol. The summed E-state index contributed by atoms with van der Waals surface area (Å²) >= 11 is 0. The first-order chi connectivity index (χ1) is 15.3. The highest BCUT2D eigenvalue weighted by Gasteiger charge is 2.21. The lowest BCUT2D eigenvalue weighted by Gasteiger charge is -2.23. The van der Waals surface area contributed by atoms with Gasteiger partial charge in [0.25, 0.3) is 0 Å². The van der Waals surface area contributed by atoms with Crippen molar-refractivity contribution in [2.75, 3.05) is 13.2 Å². The minimum absolute atomic E-state index is 0.0776. The van der Waals surface area contributed by atoms with Crippen LogP contribution in [0.25, 0.3) is 0 Å². The second-order valence-electron chi connectivity index (χ2n) is 8.30. The largest absolute Gasteiger partial charge is 0.480 e. The van der Waals surface area contributed by atoms with Crippen LogP contribution in [0.1, 0.15) is 50.4 Å². The van der Waals surface area contributed by atoms with E-state index in [-0.39, 0.29) is 19.1 Å². The van der Waals surface area contributed by atoms with Crippen molar-refractivity contribution < 1.29 is 9.47 Å². The Morgan fingerprint density at radius 2 is 1.00 bits per heavy atom. The van der Waals surface area contributed by atoms with Crippen molar-refractivity contribution in [2.45, 2.75) is 40.5 Å². The Morgan fingerprint density at radius 3 is 1.34 bits per heavy atom. The number of terminal acetylenes is 2. The zero-order chi connectivity index (χ0) is 23.3. The number of aryl methyl sites for hydroxylation is 5. The first-order valence-corrected chi connectivity index (χ1v) is 10.8. The molecule has 0 aliphatic heterocycles. The van der Waals surface area contributed by atoms with Gasteiger partial charge in [-0.15, -0.1) is 12.8 Å². The quantitative estimate of drug-likeness (QED) is 0.322. The predicted molar refractivity (Wildman–Crippen MR) is 133 cm³/mol. The Kier molecular flexibility index (Phi) is 7.29. The molecule has 0 saturated carbocycles. The standard InChI is InChI=1S/C30H30O2/c1-8-14-31-29-21(4)16-26(17-22(29)5)28(25-12-10-20(3)11-13-25)27-18-23(6)30(24(7)19-27)32-15-9-2/h1-2,10-13,16-19,28H,14-15H2,3-7H3. The minimum atomic E-state index is 0.0776. The summed E-state index contributed by atoms with van der Waals surface area (Å²) in [6.07, 6.45) is 10.8. The summed E-state index contributed by atoms with van der Waals surface area (Å²) < 4.78 is 11.6. The molecule has 0 unspecified atom stereocenters. The zero-order valence-corrected chi connectivity index (χ0v) is 19.6. The van der Waals surface area contributed by atoms with Gasteiger partial charge in [0.05, 0.1) is 0 Å². The highest BCUT2D eigenvalue weighted by atomic mass is 16.5. The van der Waals surface area contributed by atoms with Gasteiger partial charge in [0.15, 0.2) is 0 Å². The van der Waals surface area contributed by atoms with E-state index in [0.29, 0.717) is 0 Å². The van der Waals surface area contributed by atoms with Crippen LogP contribution in [0.4, 0.5) is 0 Å². The van der Waals surface area contributed by atoms with Crippen LogP contribution in [0.5, 0.6) is 11.5 Å². The van der Waals surface area contributed by atoms with Crippen molar-refractivity contribution in [3.63, 3.8) is 0 Å². The molecule has 0 amide bonds. The number of ether oxygens (including phenoxy) is 2.